The number of cyclic esters (lactones) is 2. The Balaban J connectivity index is 1.89. The number of esters is 3. The number of carbonyl (C=O) groups is 3. The van der Waals surface area contributed by atoms with Crippen molar-refractivity contribution in [1.29, 1.82) is 0 Å². The number of ether oxygens (including phenoxy) is 3. The second-order valence-electron chi connectivity index (χ2n) is 6.35. The van der Waals surface area contributed by atoms with Gasteiger partial charge in [-0.25, -0.2) is 14.4 Å². The fourth-order valence-corrected chi connectivity index (χ4v) is 2.74. The molecule has 1 aliphatic rings. The minimum Gasteiger partial charge on any atom is -0.462 e. The average molecular weight is 405 g/mol. The predicted molar refractivity (Wildman–Crippen MR) is 99.4 cm³/mol. The summed E-state index contributed by atoms with van der Waals surface area (Å²) in [6.45, 7) is 4.85. The summed E-state index contributed by atoms with van der Waals surface area (Å²) in [6.07, 6.45) is 1.24. The first-order valence-corrected chi connectivity index (χ1v) is 8.83. The van der Waals surface area contributed by atoms with Gasteiger partial charge in [0, 0.05) is 25.5 Å². The van der Waals surface area contributed by atoms with E-state index < -0.39 is 23.7 Å². The third-order valence-electron chi connectivity index (χ3n) is 3.78. The highest BCUT2D eigenvalue weighted by Gasteiger charge is 2.39. The molecule has 0 atom stereocenters. The summed E-state index contributed by atoms with van der Waals surface area (Å²) in [5.41, 5.74) is 0.509. The maximum Gasteiger partial charge on any atom is 0.348 e. The van der Waals surface area contributed by atoms with Crippen molar-refractivity contribution in [2.45, 2.75) is 26.6 Å². The molecule has 1 aromatic carbocycles. The lowest BCUT2D eigenvalue weighted by molar-refractivity contribution is -0.222. The molecule has 0 bridgehead atoms. The number of benzene rings is 1. The predicted octanol–water partition coefficient (Wildman–Crippen LogP) is 4.00. The topological polar surface area (TPSA) is 92.0 Å². The van der Waals surface area contributed by atoms with E-state index in [1.165, 1.54) is 19.9 Å². The van der Waals surface area contributed by atoms with Crippen LogP contribution in [0.25, 0.3) is 17.4 Å². The summed E-state index contributed by atoms with van der Waals surface area (Å²) in [5, 5.41) is 0.256. The first kappa shape index (κ1) is 19.7. The minimum absolute atomic E-state index is 0.207. The standard InChI is InChI=1S/C20H17ClO7/c1-4-25-17(22)13-9-11(5-7-15(13)21)16-8-6-12(26-16)10-14-18(23)27-20(2,3)28-19(14)24/h5-10H,4H2,1-3H3. The molecular weight excluding hydrogens is 388 g/mol. The lowest BCUT2D eigenvalue weighted by Crippen LogP contribution is -2.41. The van der Waals surface area contributed by atoms with Crippen LogP contribution in [0.15, 0.2) is 40.3 Å². The zero-order chi connectivity index (χ0) is 20.5. The van der Waals surface area contributed by atoms with Crippen LogP contribution < -0.4 is 0 Å². The van der Waals surface area contributed by atoms with E-state index in [4.69, 9.17) is 30.2 Å². The number of carbonyl (C=O) groups excluding carboxylic acids is 3. The molecule has 3 rings (SSSR count). The Labute approximate surface area is 165 Å². The molecule has 146 valence electrons. The van der Waals surface area contributed by atoms with Crippen molar-refractivity contribution in [2.24, 2.45) is 0 Å². The van der Waals surface area contributed by atoms with Crippen LogP contribution in [0.1, 0.15) is 36.9 Å². The van der Waals surface area contributed by atoms with Crippen LogP contribution in [-0.4, -0.2) is 30.3 Å². The van der Waals surface area contributed by atoms with Crippen LogP contribution in [0.3, 0.4) is 0 Å². The van der Waals surface area contributed by atoms with Crippen LogP contribution in [0.5, 0.6) is 0 Å². The largest absolute Gasteiger partial charge is 0.462 e. The Morgan fingerprint density at radius 1 is 1.14 bits per heavy atom. The van der Waals surface area contributed by atoms with E-state index in [2.05, 4.69) is 0 Å². The first-order valence-electron chi connectivity index (χ1n) is 8.45. The van der Waals surface area contributed by atoms with Crippen molar-refractivity contribution >= 4 is 35.6 Å². The van der Waals surface area contributed by atoms with Crippen molar-refractivity contribution in [2.75, 3.05) is 6.61 Å². The fourth-order valence-electron chi connectivity index (χ4n) is 2.55. The Kier molecular flexibility index (Phi) is 5.29. The highest BCUT2D eigenvalue weighted by molar-refractivity contribution is 6.33. The summed E-state index contributed by atoms with van der Waals surface area (Å²) < 4.78 is 20.7. The van der Waals surface area contributed by atoms with Crippen LogP contribution in [0.2, 0.25) is 5.02 Å². The van der Waals surface area contributed by atoms with Crippen molar-refractivity contribution < 1.29 is 33.0 Å². The van der Waals surface area contributed by atoms with E-state index in [0.717, 1.165) is 0 Å². The molecule has 1 saturated heterocycles. The third kappa shape index (κ3) is 4.09. The molecule has 28 heavy (non-hydrogen) atoms. The highest BCUT2D eigenvalue weighted by atomic mass is 35.5. The van der Waals surface area contributed by atoms with Gasteiger partial charge in [-0.1, -0.05) is 11.6 Å². The zero-order valence-corrected chi connectivity index (χ0v) is 16.2. The van der Waals surface area contributed by atoms with E-state index in [-0.39, 0.29) is 28.5 Å². The molecule has 0 spiro atoms. The Morgan fingerprint density at radius 3 is 2.46 bits per heavy atom. The van der Waals surface area contributed by atoms with Crippen molar-refractivity contribution in [3.8, 4) is 11.3 Å². The Hall–Kier alpha value is -3.06. The van der Waals surface area contributed by atoms with Gasteiger partial charge < -0.3 is 18.6 Å². The van der Waals surface area contributed by atoms with Crippen LogP contribution in [-0.2, 0) is 23.8 Å². The van der Waals surface area contributed by atoms with Gasteiger partial charge in [-0.3, -0.25) is 0 Å². The van der Waals surface area contributed by atoms with E-state index in [1.807, 2.05) is 0 Å². The third-order valence-corrected chi connectivity index (χ3v) is 4.11. The average Bonchev–Trinajstić information content (AvgIpc) is 3.06. The van der Waals surface area contributed by atoms with E-state index in [1.54, 1.807) is 37.3 Å². The minimum atomic E-state index is -1.31. The fraction of sp³-hybridized carbons (Fsp3) is 0.250. The van der Waals surface area contributed by atoms with E-state index in [9.17, 15) is 14.4 Å². The quantitative estimate of drug-likeness (QED) is 0.432. The molecule has 1 aromatic heterocycles. The SMILES string of the molecule is CCOC(=O)c1cc(-c2ccc(C=C3C(=O)OC(C)(C)OC3=O)o2)ccc1Cl. The van der Waals surface area contributed by atoms with E-state index >= 15 is 0 Å². The maximum atomic E-state index is 12.0. The summed E-state index contributed by atoms with van der Waals surface area (Å²) in [7, 11) is 0. The Bertz CT molecular complexity index is 962. The van der Waals surface area contributed by atoms with Crippen molar-refractivity contribution in [3.63, 3.8) is 0 Å². The number of halogens is 1. The van der Waals surface area contributed by atoms with Gasteiger partial charge in [-0.15, -0.1) is 0 Å². The molecule has 0 amide bonds. The second kappa shape index (κ2) is 7.52. The molecule has 0 saturated carbocycles. The van der Waals surface area contributed by atoms with Gasteiger partial charge in [0.05, 0.1) is 17.2 Å². The van der Waals surface area contributed by atoms with Crippen molar-refractivity contribution in [3.05, 3.63) is 52.3 Å². The normalized spacial score (nSPS) is 15.6. The lowest BCUT2D eigenvalue weighted by atomic mass is 10.1. The van der Waals surface area contributed by atoms with Gasteiger partial charge in [0.2, 0.25) is 0 Å². The molecule has 0 N–H and O–H groups in total. The summed E-state index contributed by atoms with van der Waals surface area (Å²) in [6, 6.07) is 7.98. The van der Waals surface area contributed by atoms with Gasteiger partial charge in [0.1, 0.15) is 17.1 Å². The van der Waals surface area contributed by atoms with E-state index in [0.29, 0.717) is 11.3 Å². The molecule has 2 aromatic rings. The molecule has 0 unspecified atom stereocenters. The molecule has 8 heteroatoms. The van der Waals surface area contributed by atoms with Gasteiger partial charge in [-0.05, 0) is 37.3 Å². The number of hydrogen-bond acceptors (Lipinski definition) is 7. The molecule has 1 aliphatic heterocycles. The summed E-state index contributed by atoms with van der Waals surface area (Å²) in [4.78, 5) is 36.0. The van der Waals surface area contributed by atoms with Crippen LogP contribution in [0.4, 0.5) is 0 Å². The van der Waals surface area contributed by atoms with Gasteiger partial charge in [-0.2, -0.15) is 0 Å². The first-order chi connectivity index (χ1) is 13.2. The van der Waals surface area contributed by atoms with Gasteiger partial charge in [0.25, 0.3) is 5.79 Å². The molecule has 7 nitrogen and oxygen atoms in total. The zero-order valence-electron chi connectivity index (χ0n) is 15.4. The monoisotopic (exact) mass is 404 g/mol. The summed E-state index contributed by atoms with van der Waals surface area (Å²) >= 11 is 6.06. The second-order valence-corrected chi connectivity index (χ2v) is 6.76. The Morgan fingerprint density at radius 2 is 1.82 bits per heavy atom. The molecule has 0 radical (unpaired) electrons. The van der Waals surface area contributed by atoms with Crippen molar-refractivity contribution in [1.82, 2.24) is 0 Å². The molecular formula is C20H17ClO7. The highest BCUT2D eigenvalue weighted by Crippen LogP contribution is 2.29. The van der Waals surface area contributed by atoms with Crippen LogP contribution in [0, 0.1) is 0 Å². The number of rotatable bonds is 4. The maximum absolute atomic E-state index is 12.0. The number of hydrogen-bond donors (Lipinski definition) is 0. The summed E-state index contributed by atoms with van der Waals surface area (Å²) in [5.74, 6) is -2.80. The van der Waals surface area contributed by atoms with Gasteiger partial charge >= 0.3 is 17.9 Å². The number of furan rings is 1. The smallest absolute Gasteiger partial charge is 0.348 e. The molecule has 0 aliphatic carbocycles. The molecule has 2 heterocycles. The van der Waals surface area contributed by atoms with Crippen LogP contribution >= 0.6 is 11.6 Å². The lowest BCUT2D eigenvalue weighted by Gasteiger charge is -2.29. The molecule has 1 fully saturated rings. The van der Waals surface area contributed by atoms with Gasteiger partial charge in [0.15, 0.2) is 0 Å².